The van der Waals surface area contributed by atoms with Crippen LogP contribution >= 0.6 is 0 Å². The minimum Gasteiger partial charge on any atom is -0.397 e. The van der Waals surface area contributed by atoms with Gasteiger partial charge in [-0.15, -0.1) is 0 Å². The summed E-state index contributed by atoms with van der Waals surface area (Å²) >= 11 is 0. The number of hydrogen-bond acceptors (Lipinski definition) is 2. The molecular formula is C12H14N2. The Labute approximate surface area is 84.2 Å². The number of nitrogens with zero attached hydrogens (tertiary/aromatic N) is 1. The Morgan fingerprint density at radius 3 is 2.57 bits per heavy atom. The van der Waals surface area contributed by atoms with Crippen molar-refractivity contribution in [2.45, 2.75) is 13.3 Å². The van der Waals surface area contributed by atoms with E-state index in [1.54, 1.807) is 0 Å². The average molecular weight is 186 g/mol. The van der Waals surface area contributed by atoms with E-state index >= 15 is 0 Å². The third-order valence-corrected chi connectivity index (χ3v) is 2.54. The van der Waals surface area contributed by atoms with E-state index in [0.29, 0.717) is 0 Å². The highest BCUT2D eigenvalue weighted by atomic mass is 14.8. The van der Waals surface area contributed by atoms with Crippen LogP contribution in [0.3, 0.4) is 0 Å². The molecule has 1 aliphatic heterocycles. The Balaban J connectivity index is 2.35. The van der Waals surface area contributed by atoms with Crippen molar-refractivity contribution >= 4 is 5.71 Å². The van der Waals surface area contributed by atoms with Gasteiger partial charge in [0.15, 0.2) is 0 Å². The lowest BCUT2D eigenvalue weighted by atomic mass is 10.1. The van der Waals surface area contributed by atoms with Gasteiger partial charge >= 0.3 is 0 Å². The van der Waals surface area contributed by atoms with Gasteiger partial charge in [-0.2, -0.15) is 0 Å². The normalized spacial score (nSPS) is 15.9. The van der Waals surface area contributed by atoms with E-state index in [-0.39, 0.29) is 0 Å². The van der Waals surface area contributed by atoms with E-state index in [0.717, 1.165) is 29.9 Å². The lowest BCUT2D eigenvalue weighted by molar-refractivity contribution is 1.02. The zero-order valence-corrected chi connectivity index (χ0v) is 8.33. The van der Waals surface area contributed by atoms with Crippen LogP contribution in [0.25, 0.3) is 0 Å². The Morgan fingerprint density at radius 2 is 2.00 bits per heavy atom. The van der Waals surface area contributed by atoms with Crippen LogP contribution in [0.15, 0.2) is 46.6 Å². The zero-order chi connectivity index (χ0) is 9.97. The molecule has 1 aromatic carbocycles. The molecule has 0 aromatic heterocycles. The molecule has 2 N–H and O–H groups in total. The first-order valence-corrected chi connectivity index (χ1v) is 4.90. The first-order chi connectivity index (χ1) is 6.83. The first kappa shape index (κ1) is 9.00. The van der Waals surface area contributed by atoms with Crippen molar-refractivity contribution < 1.29 is 0 Å². The molecule has 1 heterocycles. The van der Waals surface area contributed by atoms with Gasteiger partial charge in [-0.05, 0) is 12.0 Å². The molecule has 0 amide bonds. The minimum atomic E-state index is 0.770. The van der Waals surface area contributed by atoms with Crippen LogP contribution in [0.1, 0.15) is 18.9 Å². The maximum absolute atomic E-state index is 6.01. The lowest BCUT2D eigenvalue weighted by Gasteiger charge is -2.02. The third kappa shape index (κ3) is 1.43. The monoisotopic (exact) mass is 186 g/mol. The highest BCUT2D eigenvalue weighted by molar-refractivity contribution is 6.13. The minimum absolute atomic E-state index is 0.770. The standard InChI is InChI=1S/C12H14N2/c1-2-9-8-14-12(11(9)13)10-6-4-3-5-7-10/h3-7H,2,8,13H2,1H3. The molecule has 0 saturated carbocycles. The summed E-state index contributed by atoms with van der Waals surface area (Å²) < 4.78 is 0. The lowest BCUT2D eigenvalue weighted by Crippen LogP contribution is -2.11. The number of benzene rings is 1. The summed E-state index contributed by atoms with van der Waals surface area (Å²) in [4.78, 5) is 4.46. The second-order valence-electron chi connectivity index (χ2n) is 3.40. The Bertz CT molecular complexity index is 388. The largest absolute Gasteiger partial charge is 0.397 e. The molecule has 2 heteroatoms. The van der Waals surface area contributed by atoms with Gasteiger partial charge in [-0.25, -0.2) is 0 Å². The molecule has 2 rings (SSSR count). The predicted molar refractivity (Wildman–Crippen MR) is 59.4 cm³/mol. The fourth-order valence-electron chi connectivity index (χ4n) is 1.66. The first-order valence-electron chi connectivity index (χ1n) is 4.90. The summed E-state index contributed by atoms with van der Waals surface area (Å²) in [5, 5.41) is 0. The summed E-state index contributed by atoms with van der Waals surface area (Å²) in [7, 11) is 0. The fourth-order valence-corrected chi connectivity index (χ4v) is 1.66. The van der Waals surface area contributed by atoms with Crippen molar-refractivity contribution in [2.75, 3.05) is 6.54 Å². The van der Waals surface area contributed by atoms with Crippen LogP contribution in [0.5, 0.6) is 0 Å². The third-order valence-electron chi connectivity index (χ3n) is 2.54. The second kappa shape index (κ2) is 3.66. The van der Waals surface area contributed by atoms with Crippen LogP contribution in [0.4, 0.5) is 0 Å². The maximum Gasteiger partial charge on any atom is 0.0880 e. The molecule has 2 nitrogen and oxygen atoms in total. The van der Waals surface area contributed by atoms with Gasteiger partial charge in [0.2, 0.25) is 0 Å². The predicted octanol–water partition coefficient (Wildman–Crippen LogP) is 2.11. The quantitative estimate of drug-likeness (QED) is 0.754. The van der Waals surface area contributed by atoms with Crippen LogP contribution in [0.2, 0.25) is 0 Å². The summed E-state index contributed by atoms with van der Waals surface area (Å²) in [5.41, 5.74) is 10.2. The van der Waals surface area contributed by atoms with E-state index in [1.807, 2.05) is 30.3 Å². The van der Waals surface area contributed by atoms with Crippen molar-refractivity contribution in [2.24, 2.45) is 10.7 Å². The average Bonchev–Trinajstić information content (AvgIpc) is 2.61. The summed E-state index contributed by atoms with van der Waals surface area (Å²) in [6.07, 6.45) is 0.992. The molecule has 0 bridgehead atoms. The topological polar surface area (TPSA) is 38.4 Å². The van der Waals surface area contributed by atoms with Gasteiger partial charge < -0.3 is 5.73 Å². The van der Waals surface area contributed by atoms with E-state index in [1.165, 1.54) is 5.57 Å². The molecule has 0 saturated heterocycles. The Morgan fingerprint density at radius 1 is 1.29 bits per heavy atom. The van der Waals surface area contributed by atoms with Crippen molar-refractivity contribution in [3.63, 3.8) is 0 Å². The fraction of sp³-hybridized carbons (Fsp3) is 0.250. The summed E-state index contributed by atoms with van der Waals surface area (Å²) in [5.74, 6) is 0. The van der Waals surface area contributed by atoms with Crippen LogP contribution in [0, 0.1) is 0 Å². The van der Waals surface area contributed by atoms with Crippen LogP contribution in [-0.2, 0) is 0 Å². The van der Waals surface area contributed by atoms with Crippen molar-refractivity contribution in [3.05, 3.63) is 47.2 Å². The van der Waals surface area contributed by atoms with Crippen LogP contribution < -0.4 is 5.73 Å². The van der Waals surface area contributed by atoms with Crippen LogP contribution in [-0.4, -0.2) is 12.3 Å². The number of allylic oxidation sites excluding steroid dienone is 1. The van der Waals surface area contributed by atoms with Crippen molar-refractivity contribution in [1.82, 2.24) is 0 Å². The van der Waals surface area contributed by atoms with Gasteiger partial charge in [-0.1, -0.05) is 37.3 Å². The molecule has 14 heavy (non-hydrogen) atoms. The van der Waals surface area contributed by atoms with E-state index in [2.05, 4.69) is 11.9 Å². The summed E-state index contributed by atoms with van der Waals surface area (Å²) in [6.45, 7) is 2.89. The summed E-state index contributed by atoms with van der Waals surface area (Å²) in [6, 6.07) is 10.1. The van der Waals surface area contributed by atoms with E-state index in [9.17, 15) is 0 Å². The van der Waals surface area contributed by atoms with E-state index < -0.39 is 0 Å². The van der Waals surface area contributed by atoms with Crippen molar-refractivity contribution in [1.29, 1.82) is 0 Å². The maximum atomic E-state index is 6.01. The number of nitrogens with two attached hydrogens (primary N) is 1. The molecular weight excluding hydrogens is 172 g/mol. The Hall–Kier alpha value is -1.57. The highest BCUT2D eigenvalue weighted by Crippen LogP contribution is 2.18. The molecule has 0 unspecified atom stereocenters. The van der Waals surface area contributed by atoms with Crippen molar-refractivity contribution in [3.8, 4) is 0 Å². The highest BCUT2D eigenvalue weighted by Gasteiger charge is 2.16. The molecule has 1 aromatic rings. The molecule has 0 fully saturated rings. The molecule has 72 valence electrons. The van der Waals surface area contributed by atoms with Gasteiger partial charge in [0, 0.05) is 5.56 Å². The molecule has 1 aliphatic rings. The van der Waals surface area contributed by atoms with Gasteiger partial charge in [-0.3, -0.25) is 4.99 Å². The zero-order valence-electron chi connectivity index (χ0n) is 8.33. The smallest absolute Gasteiger partial charge is 0.0880 e. The van der Waals surface area contributed by atoms with Gasteiger partial charge in [0.25, 0.3) is 0 Å². The number of aliphatic imine (C=N–C) groups is 1. The molecule has 0 atom stereocenters. The molecule has 0 radical (unpaired) electrons. The Kier molecular flexibility index (Phi) is 2.35. The van der Waals surface area contributed by atoms with Gasteiger partial charge in [0.1, 0.15) is 0 Å². The van der Waals surface area contributed by atoms with Gasteiger partial charge in [0.05, 0.1) is 18.0 Å². The molecule has 0 aliphatic carbocycles. The van der Waals surface area contributed by atoms with E-state index in [4.69, 9.17) is 5.73 Å². The molecule has 0 spiro atoms. The second-order valence-corrected chi connectivity index (χ2v) is 3.40. The number of hydrogen-bond donors (Lipinski definition) is 1. The number of rotatable bonds is 2. The SMILES string of the molecule is CCC1=C(N)C(c2ccccc2)=NC1.